The minimum atomic E-state index is -0.552. The van der Waals surface area contributed by atoms with Gasteiger partial charge in [-0.2, -0.15) is 0 Å². The van der Waals surface area contributed by atoms with E-state index in [9.17, 15) is 15.3 Å². The maximum atomic E-state index is 10.6. The van der Waals surface area contributed by atoms with Crippen LogP contribution in [0.2, 0.25) is 0 Å². The van der Waals surface area contributed by atoms with E-state index < -0.39 is 12.2 Å². The molecule has 30 heavy (non-hydrogen) atoms. The number of aliphatic hydroxyl groups excluding tert-OH is 2. The Morgan fingerprint density at radius 1 is 0.567 bits per heavy atom. The molecule has 0 saturated heterocycles. The van der Waals surface area contributed by atoms with Crippen molar-refractivity contribution in [2.45, 2.75) is 45.8 Å². The average Bonchev–Trinajstić information content (AvgIpc) is 2.74. The van der Waals surface area contributed by atoms with Gasteiger partial charge in [-0.1, -0.05) is 94.4 Å². The van der Waals surface area contributed by atoms with E-state index in [1.165, 1.54) is 0 Å². The fraction of sp³-hybridized carbons (Fsp3) is 0.333. The first kappa shape index (κ1) is 22.1. The second kappa shape index (κ2) is 9.46. The van der Waals surface area contributed by atoms with Crippen molar-refractivity contribution in [2.24, 2.45) is 11.8 Å². The van der Waals surface area contributed by atoms with Crippen molar-refractivity contribution in [1.29, 1.82) is 0 Å². The van der Waals surface area contributed by atoms with Crippen molar-refractivity contribution < 1.29 is 15.3 Å². The summed E-state index contributed by atoms with van der Waals surface area (Å²) in [6, 6.07) is 23.2. The Kier molecular flexibility index (Phi) is 6.96. The smallest absolute Gasteiger partial charge is 0.119 e. The van der Waals surface area contributed by atoms with E-state index in [1.807, 2.05) is 94.4 Å². The molecule has 0 heterocycles. The SMILES string of the molecule is CC(C)C(O)c1cccc(C(c2cccc(C(O)C(C)C)c2)c2ccccc2O)c1. The molecule has 2 atom stereocenters. The lowest BCUT2D eigenvalue weighted by Gasteiger charge is -2.24. The summed E-state index contributed by atoms with van der Waals surface area (Å²) >= 11 is 0. The van der Waals surface area contributed by atoms with Crippen LogP contribution in [0.1, 0.15) is 73.6 Å². The topological polar surface area (TPSA) is 60.7 Å². The maximum Gasteiger partial charge on any atom is 0.119 e. The quantitative estimate of drug-likeness (QED) is 0.426. The number of aromatic hydroxyl groups is 1. The summed E-state index contributed by atoms with van der Waals surface area (Å²) in [6.07, 6.45) is -1.10. The summed E-state index contributed by atoms with van der Waals surface area (Å²) in [5.74, 6) is 0.221. The molecule has 0 aliphatic carbocycles. The molecule has 158 valence electrons. The van der Waals surface area contributed by atoms with Gasteiger partial charge in [0.1, 0.15) is 5.75 Å². The molecule has 3 aromatic carbocycles. The van der Waals surface area contributed by atoms with Gasteiger partial charge in [0.2, 0.25) is 0 Å². The van der Waals surface area contributed by atoms with Crippen LogP contribution in [-0.4, -0.2) is 15.3 Å². The van der Waals surface area contributed by atoms with Gasteiger partial charge in [0.05, 0.1) is 12.2 Å². The van der Waals surface area contributed by atoms with Crippen molar-refractivity contribution in [3.8, 4) is 5.75 Å². The van der Waals surface area contributed by atoms with Crippen molar-refractivity contribution in [1.82, 2.24) is 0 Å². The zero-order valence-electron chi connectivity index (χ0n) is 18.2. The molecule has 2 unspecified atom stereocenters. The summed E-state index contributed by atoms with van der Waals surface area (Å²) in [5.41, 5.74) is 4.50. The highest BCUT2D eigenvalue weighted by Gasteiger charge is 2.23. The monoisotopic (exact) mass is 404 g/mol. The summed E-state index contributed by atoms with van der Waals surface area (Å²) in [6.45, 7) is 7.98. The lowest BCUT2D eigenvalue weighted by atomic mass is 9.82. The first-order valence-electron chi connectivity index (χ1n) is 10.6. The van der Waals surface area contributed by atoms with Gasteiger partial charge >= 0.3 is 0 Å². The Morgan fingerprint density at radius 2 is 1.00 bits per heavy atom. The van der Waals surface area contributed by atoms with Gasteiger partial charge in [-0.15, -0.1) is 0 Å². The van der Waals surface area contributed by atoms with Crippen LogP contribution in [0.3, 0.4) is 0 Å². The highest BCUT2D eigenvalue weighted by atomic mass is 16.3. The Labute approximate surface area is 179 Å². The van der Waals surface area contributed by atoms with E-state index in [1.54, 1.807) is 6.07 Å². The number of para-hydroxylation sites is 1. The zero-order valence-corrected chi connectivity index (χ0v) is 18.2. The Hall–Kier alpha value is -2.62. The number of aliphatic hydroxyl groups is 2. The molecule has 0 radical (unpaired) electrons. The van der Waals surface area contributed by atoms with Crippen LogP contribution in [0.5, 0.6) is 5.75 Å². The second-order valence-electron chi connectivity index (χ2n) is 8.71. The molecule has 3 N–H and O–H groups in total. The van der Waals surface area contributed by atoms with Gasteiger partial charge in [-0.3, -0.25) is 0 Å². The van der Waals surface area contributed by atoms with Gasteiger partial charge < -0.3 is 15.3 Å². The Bertz CT molecular complexity index is 920. The van der Waals surface area contributed by atoms with Gasteiger partial charge in [0.25, 0.3) is 0 Å². The molecule has 3 heteroatoms. The lowest BCUT2D eigenvalue weighted by Crippen LogP contribution is -2.10. The fourth-order valence-corrected chi connectivity index (χ4v) is 3.90. The van der Waals surface area contributed by atoms with Crippen LogP contribution in [0.4, 0.5) is 0 Å². The predicted molar refractivity (Wildman–Crippen MR) is 122 cm³/mol. The van der Waals surface area contributed by atoms with Gasteiger partial charge in [-0.05, 0) is 40.2 Å². The number of phenolic OH excluding ortho intramolecular Hbond substituents is 1. The molecular formula is C27H32O3. The Morgan fingerprint density at radius 3 is 1.43 bits per heavy atom. The Balaban J connectivity index is 2.16. The normalized spacial score (nSPS) is 14.7. The van der Waals surface area contributed by atoms with Crippen LogP contribution in [-0.2, 0) is 0 Å². The predicted octanol–water partition coefficient (Wildman–Crippen LogP) is 5.95. The van der Waals surface area contributed by atoms with Gasteiger partial charge in [-0.25, -0.2) is 0 Å². The minimum absolute atomic E-state index is 0.105. The van der Waals surface area contributed by atoms with Gasteiger partial charge in [0.15, 0.2) is 0 Å². The molecular weight excluding hydrogens is 372 g/mol. The standard InChI is InChI=1S/C27H32O3/c1-17(2)26(29)21-11-7-9-19(15-21)25(23-13-5-6-14-24(23)28)20-10-8-12-22(16-20)27(30)18(3)4/h5-18,25-30H,1-4H3. The molecule has 0 bridgehead atoms. The molecule has 0 aliphatic heterocycles. The molecule has 0 spiro atoms. The molecule has 0 aromatic heterocycles. The van der Waals surface area contributed by atoms with E-state index >= 15 is 0 Å². The third-order valence-electron chi connectivity index (χ3n) is 5.68. The van der Waals surface area contributed by atoms with Crippen molar-refractivity contribution in [2.75, 3.05) is 0 Å². The molecule has 3 nitrogen and oxygen atoms in total. The number of benzene rings is 3. The first-order chi connectivity index (χ1) is 14.3. The van der Waals surface area contributed by atoms with E-state index in [0.29, 0.717) is 0 Å². The first-order valence-corrected chi connectivity index (χ1v) is 10.6. The number of hydrogen-bond donors (Lipinski definition) is 3. The number of hydrogen-bond acceptors (Lipinski definition) is 3. The third-order valence-corrected chi connectivity index (χ3v) is 5.68. The third kappa shape index (κ3) is 4.75. The average molecular weight is 405 g/mol. The van der Waals surface area contributed by atoms with Crippen molar-refractivity contribution in [3.63, 3.8) is 0 Å². The summed E-state index contributed by atoms with van der Waals surface area (Å²) in [7, 11) is 0. The van der Waals surface area contributed by atoms with Gasteiger partial charge in [0, 0.05) is 11.5 Å². The molecule has 0 saturated carbocycles. The van der Waals surface area contributed by atoms with Crippen LogP contribution in [0.15, 0.2) is 72.8 Å². The van der Waals surface area contributed by atoms with Crippen molar-refractivity contribution in [3.05, 3.63) is 101 Å². The maximum absolute atomic E-state index is 10.6. The molecule has 0 aliphatic rings. The zero-order chi connectivity index (χ0) is 21.8. The molecule has 0 amide bonds. The van der Waals surface area contributed by atoms with Crippen molar-refractivity contribution >= 4 is 0 Å². The lowest BCUT2D eigenvalue weighted by molar-refractivity contribution is 0.127. The number of rotatable bonds is 7. The van der Waals surface area contributed by atoms with Crippen LogP contribution < -0.4 is 0 Å². The molecule has 0 fully saturated rings. The van der Waals surface area contributed by atoms with Crippen LogP contribution in [0.25, 0.3) is 0 Å². The molecule has 3 rings (SSSR count). The summed E-state index contributed by atoms with van der Waals surface area (Å²) in [5, 5.41) is 31.8. The highest BCUT2D eigenvalue weighted by Crippen LogP contribution is 2.39. The minimum Gasteiger partial charge on any atom is -0.508 e. The highest BCUT2D eigenvalue weighted by molar-refractivity contribution is 5.50. The van der Waals surface area contributed by atoms with Crippen LogP contribution >= 0.6 is 0 Å². The summed E-state index contributed by atoms with van der Waals surface area (Å²) < 4.78 is 0. The number of phenols is 1. The van der Waals surface area contributed by atoms with E-state index in [-0.39, 0.29) is 23.5 Å². The van der Waals surface area contributed by atoms with E-state index in [2.05, 4.69) is 0 Å². The largest absolute Gasteiger partial charge is 0.508 e. The summed E-state index contributed by atoms with van der Waals surface area (Å²) in [4.78, 5) is 0. The van der Waals surface area contributed by atoms with E-state index in [0.717, 1.165) is 27.8 Å². The fourth-order valence-electron chi connectivity index (χ4n) is 3.90. The second-order valence-corrected chi connectivity index (χ2v) is 8.71. The molecule has 3 aromatic rings. The van der Waals surface area contributed by atoms with Crippen LogP contribution in [0, 0.1) is 11.8 Å². The van der Waals surface area contributed by atoms with E-state index in [4.69, 9.17) is 0 Å².